The van der Waals surface area contributed by atoms with Gasteiger partial charge in [-0.05, 0) is 19.1 Å². The molecule has 20 heavy (non-hydrogen) atoms. The van der Waals surface area contributed by atoms with Crippen molar-refractivity contribution in [2.45, 2.75) is 19.9 Å². The number of rotatable bonds is 4. The van der Waals surface area contributed by atoms with E-state index in [2.05, 4.69) is 15.1 Å². The van der Waals surface area contributed by atoms with E-state index in [0.717, 1.165) is 23.1 Å². The Hall–Kier alpha value is -2.56. The van der Waals surface area contributed by atoms with E-state index in [4.69, 9.17) is 0 Å². The zero-order valence-corrected chi connectivity index (χ0v) is 11.2. The molecule has 1 aromatic carbocycles. The summed E-state index contributed by atoms with van der Waals surface area (Å²) >= 11 is 0. The second kappa shape index (κ2) is 5.21. The van der Waals surface area contributed by atoms with Crippen molar-refractivity contribution in [1.82, 2.24) is 19.7 Å². The Morgan fingerprint density at radius 2 is 1.90 bits per heavy atom. The first kappa shape index (κ1) is 12.5. The Morgan fingerprint density at radius 3 is 2.65 bits per heavy atom. The molecule has 5 heteroatoms. The van der Waals surface area contributed by atoms with Crippen molar-refractivity contribution in [3.63, 3.8) is 0 Å². The highest BCUT2D eigenvalue weighted by atomic mass is 16.1. The molecule has 0 aliphatic rings. The van der Waals surface area contributed by atoms with Gasteiger partial charge in [0, 0.05) is 24.3 Å². The average Bonchev–Trinajstić information content (AvgIpc) is 2.86. The summed E-state index contributed by atoms with van der Waals surface area (Å²) in [6.45, 7) is 2.81. The first-order valence-electron chi connectivity index (χ1n) is 6.54. The number of Topliss-reactive ketones (excluding diaryl/α,β-unsaturated/α-hetero) is 1. The van der Waals surface area contributed by atoms with Crippen LogP contribution in [-0.4, -0.2) is 25.5 Å². The first-order valence-corrected chi connectivity index (χ1v) is 6.54. The number of hydrogen-bond acceptors (Lipinski definition) is 4. The summed E-state index contributed by atoms with van der Waals surface area (Å²) in [4.78, 5) is 20.2. The van der Waals surface area contributed by atoms with Crippen LogP contribution in [0.15, 0.2) is 42.7 Å². The van der Waals surface area contributed by atoms with E-state index in [-0.39, 0.29) is 18.0 Å². The van der Waals surface area contributed by atoms with E-state index in [1.165, 1.54) is 0 Å². The van der Waals surface area contributed by atoms with Crippen molar-refractivity contribution in [1.29, 1.82) is 0 Å². The maximum atomic E-state index is 12.2. The zero-order valence-electron chi connectivity index (χ0n) is 11.2. The van der Waals surface area contributed by atoms with Gasteiger partial charge in [0.1, 0.15) is 0 Å². The first-order chi connectivity index (χ1) is 9.79. The van der Waals surface area contributed by atoms with E-state index >= 15 is 0 Å². The molecular formula is C15H14N4O. The van der Waals surface area contributed by atoms with Crippen LogP contribution in [0.5, 0.6) is 0 Å². The van der Waals surface area contributed by atoms with Crippen LogP contribution in [0.3, 0.4) is 0 Å². The molecule has 0 saturated heterocycles. The van der Waals surface area contributed by atoms with E-state index in [0.29, 0.717) is 0 Å². The molecule has 2 heterocycles. The number of aromatic nitrogens is 4. The molecule has 2 aromatic heterocycles. The maximum Gasteiger partial charge on any atom is 0.206 e. The normalized spacial score (nSPS) is 10.8. The molecule has 0 fully saturated rings. The van der Waals surface area contributed by atoms with Crippen molar-refractivity contribution in [2.75, 3.05) is 0 Å². The van der Waals surface area contributed by atoms with Crippen molar-refractivity contribution in [3.05, 3.63) is 54.2 Å². The van der Waals surface area contributed by atoms with Crippen LogP contribution in [0.25, 0.3) is 10.9 Å². The summed E-state index contributed by atoms with van der Waals surface area (Å²) in [5.74, 6) is 0.125. The number of carbonyl (C=O) groups excluding carboxylic acids is 1. The largest absolute Gasteiger partial charge is 0.290 e. The minimum atomic E-state index is -0.114. The fraction of sp³-hybridized carbons (Fsp3) is 0.200. The third-order valence-corrected chi connectivity index (χ3v) is 3.18. The molecule has 0 aliphatic carbocycles. The van der Waals surface area contributed by atoms with Gasteiger partial charge in [0.25, 0.3) is 0 Å². The Bertz CT molecular complexity index is 749. The zero-order chi connectivity index (χ0) is 13.9. The molecule has 0 N–H and O–H groups in total. The fourth-order valence-corrected chi connectivity index (χ4v) is 2.24. The number of ketones is 1. The second-order valence-electron chi connectivity index (χ2n) is 4.45. The second-order valence-corrected chi connectivity index (χ2v) is 4.45. The van der Waals surface area contributed by atoms with Crippen molar-refractivity contribution >= 4 is 16.7 Å². The highest BCUT2D eigenvalue weighted by Gasteiger charge is 2.15. The molecule has 0 amide bonds. The molecule has 0 aliphatic heterocycles. The van der Waals surface area contributed by atoms with Gasteiger partial charge in [-0.3, -0.25) is 9.48 Å². The lowest BCUT2D eigenvalue weighted by Crippen LogP contribution is -2.09. The lowest BCUT2D eigenvalue weighted by Gasteiger charge is -1.97. The molecule has 100 valence electrons. The number of benzene rings is 1. The molecule has 0 saturated carbocycles. The topological polar surface area (TPSA) is 60.7 Å². The van der Waals surface area contributed by atoms with Crippen LogP contribution in [-0.2, 0) is 13.0 Å². The van der Waals surface area contributed by atoms with Gasteiger partial charge in [-0.25, -0.2) is 9.97 Å². The number of para-hydroxylation sites is 1. The lowest BCUT2D eigenvalue weighted by molar-refractivity contribution is 0.0982. The number of carbonyl (C=O) groups is 1. The van der Waals surface area contributed by atoms with Crippen molar-refractivity contribution in [2.24, 2.45) is 0 Å². The highest BCUT2D eigenvalue weighted by Crippen LogP contribution is 2.19. The van der Waals surface area contributed by atoms with Gasteiger partial charge < -0.3 is 0 Å². The van der Waals surface area contributed by atoms with Gasteiger partial charge in [-0.2, -0.15) is 5.10 Å². The van der Waals surface area contributed by atoms with Crippen LogP contribution in [0, 0.1) is 0 Å². The third-order valence-electron chi connectivity index (χ3n) is 3.18. The van der Waals surface area contributed by atoms with Crippen molar-refractivity contribution in [3.8, 4) is 0 Å². The standard InChI is InChI=1S/C15H14N4O/c1-2-19-13-7-4-3-6-11(13)12(18-19)10-14(20)15-16-8-5-9-17-15/h3-9H,2,10H2,1H3. The van der Waals surface area contributed by atoms with Gasteiger partial charge in [0.05, 0.1) is 17.6 Å². The molecule has 5 nitrogen and oxygen atoms in total. The lowest BCUT2D eigenvalue weighted by atomic mass is 10.1. The van der Waals surface area contributed by atoms with Crippen LogP contribution >= 0.6 is 0 Å². The van der Waals surface area contributed by atoms with Gasteiger partial charge in [0.15, 0.2) is 5.82 Å². The SMILES string of the molecule is CCn1nc(CC(=O)c2ncccn2)c2ccccc21. The van der Waals surface area contributed by atoms with Crippen LogP contribution in [0.2, 0.25) is 0 Å². The minimum absolute atomic E-state index is 0.114. The Balaban J connectivity index is 1.97. The van der Waals surface area contributed by atoms with E-state index in [1.807, 2.05) is 35.9 Å². The van der Waals surface area contributed by atoms with Crippen LogP contribution in [0.4, 0.5) is 0 Å². The Labute approximate surface area is 116 Å². The van der Waals surface area contributed by atoms with Crippen LogP contribution in [0.1, 0.15) is 23.2 Å². The van der Waals surface area contributed by atoms with Gasteiger partial charge >= 0.3 is 0 Å². The quantitative estimate of drug-likeness (QED) is 0.680. The molecule has 0 atom stereocenters. The van der Waals surface area contributed by atoms with Gasteiger partial charge in [-0.15, -0.1) is 0 Å². The smallest absolute Gasteiger partial charge is 0.206 e. The minimum Gasteiger partial charge on any atom is -0.290 e. The van der Waals surface area contributed by atoms with Crippen LogP contribution < -0.4 is 0 Å². The van der Waals surface area contributed by atoms with E-state index in [1.54, 1.807) is 18.5 Å². The fourth-order valence-electron chi connectivity index (χ4n) is 2.24. The summed E-state index contributed by atoms with van der Waals surface area (Å²) in [7, 11) is 0. The van der Waals surface area contributed by atoms with E-state index in [9.17, 15) is 4.79 Å². The predicted octanol–water partition coefficient (Wildman–Crippen LogP) is 2.27. The predicted molar refractivity (Wildman–Crippen MR) is 75.5 cm³/mol. The Kier molecular flexibility index (Phi) is 3.25. The molecule has 0 spiro atoms. The van der Waals surface area contributed by atoms with Gasteiger partial charge in [0.2, 0.25) is 5.78 Å². The molecular weight excluding hydrogens is 252 g/mol. The summed E-state index contributed by atoms with van der Waals surface area (Å²) < 4.78 is 1.91. The number of hydrogen-bond donors (Lipinski definition) is 0. The van der Waals surface area contributed by atoms with Gasteiger partial charge in [-0.1, -0.05) is 18.2 Å². The summed E-state index contributed by atoms with van der Waals surface area (Å²) in [6, 6.07) is 9.62. The monoisotopic (exact) mass is 266 g/mol. The summed E-state index contributed by atoms with van der Waals surface area (Å²) in [6.07, 6.45) is 3.36. The molecule has 0 bridgehead atoms. The third kappa shape index (κ3) is 2.18. The van der Waals surface area contributed by atoms with E-state index < -0.39 is 0 Å². The summed E-state index contributed by atoms with van der Waals surface area (Å²) in [5, 5.41) is 5.53. The molecule has 0 radical (unpaired) electrons. The number of fused-ring (bicyclic) bond motifs is 1. The highest BCUT2D eigenvalue weighted by molar-refractivity contribution is 5.96. The molecule has 3 rings (SSSR count). The van der Waals surface area contributed by atoms with Crippen molar-refractivity contribution < 1.29 is 4.79 Å². The molecule has 3 aromatic rings. The number of aryl methyl sites for hydroxylation is 1. The average molecular weight is 266 g/mol. The summed E-state index contributed by atoms with van der Waals surface area (Å²) in [5.41, 5.74) is 1.83. The molecule has 0 unspecified atom stereocenters. The maximum absolute atomic E-state index is 12.2. The Morgan fingerprint density at radius 1 is 1.15 bits per heavy atom. The number of nitrogens with zero attached hydrogens (tertiary/aromatic N) is 4.